The Labute approximate surface area is 111 Å². The maximum absolute atomic E-state index is 12.0. The second-order valence-electron chi connectivity index (χ2n) is 5.50. The molecule has 0 aromatic rings. The van der Waals surface area contributed by atoms with Crippen LogP contribution in [0.5, 0.6) is 0 Å². The van der Waals surface area contributed by atoms with Gasteiger partial charge in [-0.15, -0.1) is 0 Å². The fourth-order valence-electron chi connectivity index (χ4n) is 3.35. The van der Waals surface area contributed by atoms with Gasteiger partial charge in [0.05, 0.1) is 0 Å². The molecular formula is C10H16AgO4S. The summed E-state index contributed by atoms with van der Waals surface area (Å²) in [5.41, 5.74) is -0.914. The maximum Gasteiger partial charge on any atom is 0.275 e. The molecule has 0 aromatic heterocycles. The average molecular weight is 340 g/mol. The molecule has 0 saturated heterocycles. The fraction of sp³-hybridized carbons (Fsp3) is 0.900. The van der Waals surface area contributed by atoms with Crippen LogP contribution < -0.4 is 0 Å². The van der Waals surface area contributed by atoms with Crippen molar-refractivity contribution >= 4 is 15.9 Å². The summed E-state index contributed by atoms with van der Waals surface area (Å²) in [5, 5.41) is -1.19. The smallest absolute Gasteiger partial charge is 0.275 e. The zero-order valence-electron chi connectivity index (χ0n) is 9.45. The summed E-state index contributed by atoms with van der Waals surface area (Å²) in [6.07, 6.45) is 1.44. The van der Waals surface area contributed by atoms with Gasteiger partial charge in [0, 0.05) is 27.8 Å². The monoisotopic (exact) mass is 339 g/mol. The first-order chi connectivity index (χ1) is 6.62. The van der Waals surface area contributed by atoms with Gasteiger partial charge in [-0.1, -0.05) is 20.8 Å². The molecule has 97 valence electrons. The van der Waals surface area contributed by atoms with Crippen molar-refractivity contribution < 1.29 is 40.1 Å². The number of fused-ring (bicyclic) bond motifs is 2. The fourth-order valence-corrected chi connectivity index (χ4v) is 4.77. The van der Waals surface area contributed by atoms with Crippen molar-refractivity contribution in [2.75, 3.05) is 0 Å². The number of carbonyl (C=O) groups is 1. The van der Waals surface area contributed by atoms with Crippen molar-refractivity contribution in [2.24, 2.45) is 16.7 Å². The second-order valence-corrected chi connectivity index (χ2v) is 7.04. The number of ketones is 1. The van der Waals surface area contributed by atoms with Crippen molar-refractivity contribution in [2.45, 2.75) is 38.9 Å². The van der Waals surface area contributed by atoms with E-state index in [4.69, 9.17) is 4.55 Å². The Balaban J connectivity index is 0.00000128. The van der Waals surface area contributed by atoms with E-state index in [2.05, 4.69) is 0 Å². The predicted octanol–water partition coefficient (Wildman–Crippen LogP) is 1.27. The third-order valence-electron chi connectivity index (χ3n) is 4.79. The van der Waals surface area contributed by atoms with Crippen LogP contribution in [0.15, 0.2) is 0 Å². The van der Waals surface area contributed by atoms with Gasteiger partial charge in [0.25, 0.3) is 10.1 Å². The van der Waals surface area contributed by atoms with Crippen molar-refractivity contribution in [3.05, 3.63) is 0 Å². The molecule has 2 saturated carbocycles. The van der Waals surface area contributed by atoms with Crippen LogP contribution in [-0.2, 0) is 37.3 Å². The van der Waals surface area contributed by atoms with E-state index >= 15 is 0 Å². The van der Waals surface area contributed by atoms with Crippen LogP contribution in [0.4, 0.5) is 0 Å². The van der Waals surface area contributed by atoms with E-state index in [1.807, 2.05) is 20.8 Å². The molecule has 4 nitrogen and oxygen atoms in total. The van der Waals surface area contributed by atoms with Crippen LogP contribution >= 0.6 is 0 Å². The molecule has 3 atom stereocenters. The van der Waals surface area contributed by atoms with Crippen LogP contribution in [0.2, 0.25) is 0 Å². The zero-order chi connectivity index (χ0) is 11.6. The van der Waals surface area contributed by atoms with Crippen molar-refractivity contribution in [3.63, 3.8) is 0 Å². The van der Waals surface area contributed by atoms with Gasteiger partial charge >= 0.3 is 0 Å². The minimum Gasteiger partial charge on any atom is -0.297 e. The first kappa shape index (κ1) is 14.4. The summed E-state index contributed by atoms with van der Waals surface area (Å²) in [6, 6.07) is 0. The summed E-state index contributed by atoms with van der Waals surface area (Å²) in [5.74, 6) is -0.531. The van der Waals surface area contributed by atoms with Crippen molar-refractivity contribution in [1.82, 2.24) is 0 Å². The molecule has 0 amide bonds. The van der Waals surface area contributed by atoms with Gasteiger partial charge in [0.15, 0.2) is 5.78 Å². The molecule has 2 aliphatic carbocycles. The van der Waals surface area contributed by atoms with E-state index in [0.29, 0.717) is 6.42 Å². The maximum atomic E-state index is 12.0. The topological polar surface area (TPSA) is 71.4 Å². The number of carbonyl (C=O) groups excluding carboxylic acids is 1. The molecule has 1 N–H and O–H groups in total. The van der Waals surface area contributed by atoms with Gasteiger partial charge in [0.2, 0.25) is 0 Å². The third kappa shape index (κ3) is 1.49. The number of rotatable bonds is 1. The summed E-state index contributed by atoms with van der Waals surface area (Å²) in [7, 11) is -4.24. The van der Waals surface area contributed by atoms with Crippen LogP contribution in [0.1, 0.15) is 33.6 Å². The Hall–Kier alpha value is 0.320. The zero-order valence-corrected chi connectivity index (χ0v) is 11.7. The first-order valence-electron chi connectivity index (χ1n) is 5.13. The summed E-state index contributed by atoms with van der Waals surface area (Å²) < 4.78 is 31.5. The largest absolute Gasteiger partial charge is 0.297 e. The Bertz CT molecular complexity index is 428. The van der Waals surface area contributed by atoms with Gasteiger partial charge in [-0.3, -0.25) is 9.35 Å². The van der Waals surface area contributed by atoms with Gasteiger partial charge in [-0.2, -0.15) is 8.42 Å². The number of Topliss-reactive ketones (excluding diaryl/α,β-unsaturated/α-hetero) is 1. The molecule has 0 aliphatic heterocycles. The van der Waals surface area contributed by atoms with E-state index in [0.717, 1.165) is 6.42 Å². The molecule has 0 heterocycles. The normalized spacial score (nSPS) is 40.9. The van der Waals surface area contributed by atoms with E-state index in [1.54, 1.807) is 0 Å². The Morgan fingerprint density at radius 1 is 1.31 bits per heavy atom. The van der Waals surface area contributed by atoms with Gasteiger partial charge in [0.1, 0.15) is 5.25 Å². The van der Waals surface area contributed by atoms with Crippen molar-refractivity contribution in [3.8, 4) is 0 Å². The first-order valence-corrected chi connectivity index (χ1v) is 6.63. The Morgan fingerprint density at radius 3 is 2.06 bits per heavy atom. The third-order valence-corrected chi connectivity index (χ3v) is 5.98. The van der Waals surface area contributed by atoms with Gasteiger partial charge in [-0.05, 0) is 24.2 Å². The van der Waals surface area contributed by atoms with Crippen LogP contribution in [0.3, 0.4) is 0 Å². The average Bonchev–Trinajstić information content (AvgIpc) is 2.33. The molecule has 3 unspecified atom stereocenters. The van der Waals surface area contributed by atoms with Gasteiger partial charge < -0.3 is 0 Å². The molecule has 0 spiro atoms. The summed E-state index contributed by atoms with van der Waals surface area (Å²) >= 11 is 0. The molecular weight excluding hydrogens is 324 g/mol. The second kappa shape index (κ2) is 3.65. The summed E-state index contributed by atoms with van der Waals surface area (Å²) in [4.78, 5) is 12.0. The van der Waals surface area contributed by atoms with E-state index < -0.39 is 20.8 Å². The van der Waals surface area contributed by atoms with E-state index in [-0.39, 0.29) is 39.5 Å². The minimum absolute atomic E-state index is 0. The molecule has 0 aromatic carbocycles. The molecule has 1 radical (unpaired) electrons. The Kier molecular flexibility index (Phi) is 3.28. The predicted molar refractivity (Wildman–Crippen MR) is 55.0 cm³/mol. The number of hydrogen-bond donors (Lipinski definition) is 1. The quantitative estimate of drug-likeness (QED) is 0.576. The standard InChI is InChI=1S/C10H16O4S.Ag/c1-9(2)6-4-5-10(9,3)8(11)7(6)15(12,13)14;/h6-7H,4-5H2,1-3H3,(H,12,13,14);. The molecule has 2 rings (SSSR count). The molecule has 2 fully saturated rings. The van der Waals surface area contributed by atoms with E-state index in [1.165, 1.54) is 0 Å². The van der Waals surface area contributed by atoms with Gasteiger partial charge in [-0.25, -0.2) is 0 Å². The Morgan fingerprint density at radius 2 is 1.81 bits per heavy atom. The molecule has 6 heteroatoms. The summed E-state index contributed by atoms with van der Waals surface area (Å²) in [6.45, 7) is 5.67. The minimum atomic E-state index is -4.24. The SMILES string of the molecule is CC12CCC(C(S(=O)(=O)O)C1=O)C2(C)C.[Ag]. The van der Waals surface area contributed by atoms with Crippen LogP contribution in [0, 0.1) is 16.7 Å². The molecule has 16 heavy (non-hydrogen) atoms. The van der Waals surface area contributed by atoms with E-state index in [9.17, 15) is 13.2 Å². The number of hydrogen-bond acceptors (Lipinski definition) is 3. The molecule has 2 aliphatic rings. The molecule has 2 bridgehead atoms. The van der Waals surface area contributed by atoms with Crippen LogP contribution in [-0.4, -0.2) is 24.0 Å². The van der Waals surface area contributed by atoms with Crippen LogP contribution in [0.25, 0.3) is 0 Å². The van der Waals surface area contributed by atoms with Crippen molar-refractivity contribution in [1.29, 1.82) is 0 Å².